The van der Waals surface area contributed by atoms with E-state index in [1.165, 1.54) is 51.4 Å². The van der Waals surface area contributed by atoms with E-state index >= 15 is 0 Å². The second-order valence-corrected chi connectivity index (χ2v) is 15.8. The van der Waals surface area contributed by atoms with Crippen LogP contribution in [0.25, 0.3) is 0 Å². The molecule has 6 aliphatic rings. The molecule has 0 fully saturated rings. The molecule has 0 heterocycles. The highest BCUT2D eigenvalue weighted by molar-refractivity contribution is 5.76. The Morgan fingerprint density at radius 2 is 0.978 bits per heavy atom. The topological polar surface area (TPSA) is 63.6 Å². The zero-order valence-electron chi connectivity index (χ0n) is 27.9. The van der Waals surface area contributed by atoms with Gasteiger partial charge in [0.1, 0.15) is 6.10 Å². The fourth-order valence-corrected chi connectivity index (χ4v) is 10.2. The summed E-state index contributed by atoms with van der Waals surface area (Å²) in [6.07, 6.45) is -0.490. The lowest BCUT2D eigenvalue weighted by Gasteiger charge is -2.65. The fraction of sp³-hybridized carbons (Fsp3) is 0.381. The molecule has 10 rings (SSSR count). The third-order valence-corrected chi connectivity index (χ3v) is 11.2. The lowest BCUT2D eigenvalue weighted by atomic mass is 9.37. The van der Waals surface area contributed by atoms with E-state index in [0.29, 0.717) is 0 Å². The molecule has 0 radical (unpaired) electrons. The van der Waals surface area contributed by atoms with Gasteiger partial charge in [-0.1, -0.05) is 139 Å². The van der Waals surface area contributed by atoms with E-state index in [9.17, 15) is 14.7 Å². The Bertz CT molecular complexity index is 1640. The van der Waals surface area contributed by atoms with Crippen molar-refractivity contribution < 1.29 is 19.4 Å². The molecule has 2 atom stereocenters. The van der Waals surface area contributed by atoms with Gasteiger partial charge in [0.2, 0.25) is 0 Å². The van der Waals surface area contributed by atoms with Crippen LogP contribution in [-0.2, 0) is 25.2 Å². The molecule has 6 aliphatic carbocycles. The van der Waals surface area contributed by atoms with Crippen molar-refractivity contribution in [2.75, 3.05) is 0 Å². The smallest absolute Gasteiger partial charge is 0.303 e. The molecule has 2 unspecified atom stereocenters. The summed E-state index contributed by atoms with van der Waals surface area (Å²) in [6.45, 7) is 14.7. The van der Waals surface area contributed by atoms with Crippen LogP contribution in [0, 0.1) is 16.7 Å². The molecule has 0 aliphatic heterocycles. The minimum atomic E-state index is -0.789. The molecule has 0 saturated carbocycles. The Kier molecular flexibility index (Phi) is 6.73. The maximum absolute atomic E-state index is 13.2. The maximum atomic E-state index is 13.2. The van der Waals surface area contributed by atoms with Gasteiger partial charge in [-0.25, -0.2) is 0 Å². The van der Waals surface area contributed by atoms with Crippen molar-refractivity contribution in [3.63, 3.8) is 0 Å². The second-order valence-electron chi connectivity index (χ2n) is 15.8. The predicted octanol–water partition coefficient (Wildman–Crippen LogP) is 8.98. The van der Waals surface area contributed by atoms with Gasteiger partial charge in [-0.15, -0.1) is 0 Å². The molecule has 0 saturated heterocycles. The van der Waals surface area contributed by atoms with Gasteiger partial charge >= 0.3 is 11.9 Å². The fourth-order valence-electron chi connectivity index (χ4n) is 10.2. The quantitative estimate of drug-likeness (QED) is 0.229. The van der Waals surface area contributed by atoms with Gasteiger partial charge < -0.3 is 9.84 Å². The number of rotatable bonds is 5. The molecule has 0 aromatic heterocycles. The first kappa shape index (κ1) is 30.5. The zero-order chi connectivity index (χ0) is 32.8. The zero-order valence-corrected chi connectivity index (χ0v) is 27.9. The minimum Gasteiger partial charge on any atom is -0.481 e. The molecule has 4 heteroatoms. The number of aliphatic carboxylic acids is 1. The SMILES string of the molecule is CC(=O)OC(C(C)(C)C)C12c3ccccc3C(c3ccccc31)C1(C(CC(=O)O)C(C)(C)C)c3ccccc3C2c2ccccc21. The largest absolute Gasteiger partial charge is 0.481 e. The van der Waals surface area contributed by atoms with Crippen LogP contribution in [0.4, 0.5) is 0 Å². The number of carbonyl (C=O) groups is 2. The van der Waals surface area contributed by atoms with Gasteiger partial charge in [0, 0.05) is 36.0 Å². The molecule has 4 nitrogen and oxygen atoms in total. The number of ether oxygens (including phenoxy) is 1. The Labute approximate surface area is 272 Å². The molecule has 4 aromatic rings. The number of carboxylic acid groups (broad SMARTS) is 1. The van der Waals surface area contributed by atoms with E-state index in [1.807, 2.05) is 0 Å². The van der Waals surface area contributed by atoms with Crippen molar-refractivity contribution in [2.45, 2.75) is 83.7 Å². The Hall–Kier alpha value is -4.18. The third-order valence-electron chi connectivity index (χ3n) is 11.2. The summed E-state index contributed by atoms with van der Waals surface area (Å²) in [5, 5.41) is 10.6. The number of benzene rings is 4. The average Bonchev–Trinajstić information content (AvgIpc) is 2.99. The summed E-state index contributed by atoms with van der Waals surface area (Å²) in [5.41, 5.74) is 7.21. The lowest BCUT2D eigenvalue weighted by Crippen LogP contribution is -2.63. The summed E-state index contributed by atoms with van der Waals surface area (Å²) in [5.74, 6) is -1.73. The van der Waals surface area contributed by atoms with Crippen LogP contribution in [0.1, 0.15) is 111 Å². The summed E-state index contributed by atoms with van der Waals surface area (Å²) in [7, 11) is 0. The van der Waals surface area contributed by atoms with Crippen LogP contribution in [0.3, 0.4) is 0 Å². The first-order chi connectivity index (χ1) is 21.8. The normalized spacial score (nSPS) is 25.2. The number of esters is 1. The first-order valence-corrected chi connectivity index (χ1v) is 16.5. The van der Waals surface area contributed by atoms with Gasteiger partial charge in [0.15, 0.2) is 0 Å². The van der Waals surface area contributed by atoms with Gasteiger partial charge in [-0.05, 0) is 55.8 Å². The summed E-state index contributed by atoms with van der Waals surface area (Å²) >= 11 is 0. The van der Waals surface area contributed by atoms with Gasteiger partial charge in [0.25, 0.3) is 0 Å². The Morgan fingerprint density at radius 3 is 1.30 bits per heavy atom. The first-order valence-electron chi connectivity index (χ1n) is 16.5. The monoisotopic (exact) mass is 612 g/mol. The highest BCUT2D eigenvalue weighted by atomic mass is 16.5. The van der Waals surface area contributed by atoms with E-state index in [-0.39, 0.29) is 35.6 Å². The van der Waals surface area contributed by atoms with Gasteiger partial charge in [-0.3, -0.25) is 9.59 Å². The highest BCUT2D eigenvalue weighted by Gasteiger charge is 2.68. The molecular weight excluding hydrogens is 568 g/mol. The minimum absolute atomic E-state index is 0.0286. The van der Waals surface area contributed by atoms with E-state index in [4.69, 9.17) is 4.74 Å². The highest BCUT2D eigenvalue weighted by Crippen LogP contribution is 2.73. The number of carboxylic acids is 1. The Balaban J connectivity index is 1.79. The Morgan fingerprint density at radius 1 is 0.630 bits per heavy atom. The lowest BCUT2D eigenvalue weighted by molar-refractivity contribution is -0.158. The molecular formula is C42H44O4. The van der Waals surface area contributed by atoms with Crippen molar-refractivity contribution in [1.82, 2.24) is 0 Å². The average molecular weight is 613 g/mol. The van der Waals surface area contributed by atoms with Gasteiger partial charge in [-0.2, -0.15) is 0 Å². The molecule has 1 N–H and O–H groups in total. The van der Waals surface area contributed by atoms with Crippen LogP contribution >= 0.6 is 0 Å². The molecule has 0 amide bonds. The van der Waals surface area contributed by atoms with Crippen LogP contribution in [0.15, 0.2) is 97.1 Å². The third kappa shape index (κ3) is 3.91. The van der Waals surface area contributed by atoms with Gasteiger partial charge in [0.05, 0.1) is 5.41 Å². The van der Waals surface area contributed by atoms with Crippen molar-refractivity contribution in [2.24, 2.45) is 16.7 Å². The summed E-state index contributed by atoms with van der Waals surface area (Å²) in [4.78, 5) is 26.1. The van der Waals surface area contributed by atoms with E-state index < -0.39 is 28.3 Å². The molecule has 236 valence electrons. The number of hydrogen-bond acceptors (Lipinski definition) is 3. The van der Waals surface area contributed by atoms with Crippen LogP contribution in [0.5, 0.6) is 0 Å². The molecule has 0 spiro atoms. The van der Waals surface area contributed by atoms with Crippen molar-refractivity contribution >= 4 is 11.9 Å². The number of carbonyl (C=O) groups excluding carboxylic acids is 1. The van der Waals surface area contributed by atoms with E-state index in [0.717, 1.165) is 0 Å². The number of hydrogen-bond donors (Lipinski definition) is 1. The standard InChI is InChI=1S/C42H44O4/c1-25(43)46-38(40(5,6)7)42-32-22-14-10-18-28(32)36(29-19-11-15-23-33(29)42)41(34(24-35(44)45)39(2,3)4)30-20-12-8-16-26(30)37(42)27-17-9-13-21-31(27)41/h8-23,34,36-38H,24H2,1-7H3,(H,44,45). The molecule has 4 bridgehead atoms. The van der Waals surface area contributed by atoms with Crippen molar-refractivity contribution in [3.8, 4) is 0 Å². The maximum Gasteiger partial charge on any atom is 0.303 e. The second kappa shape index (κ2) is 10.2. The van der Waals surface area contributed by atoms with Crippen LogP contribution in [-0.4, -0.2) is 23.1 Å². The van der Waals surface area contributed by atoms with E-state index in [1.54, 1.807) is 0 Å². The predicted molar refractivity (Wildman–Crippen MR) is 181 cm³/mol. The molecule has 46 heavy (non-hydrogen) atoms. The van der Waals surface area contributed by atoms with E-state index in [2.05, 4.69) is 139 Å². The van der Waals surface area contributed by atoms with Crippen molar-refractivity contribution in [3.05, 3.63) is 142 Å². The summed E-state index contributed by atoms with van der Waals surface area (Å²) < 4.78 is 6.63. The van der Waals surface area contributed by atoms with Crippen molar-refractivity contribution in [1.29, 1.82) is 0 Å². The summed E-state index contributed by atoms with van der Waals surface area (Å²) in [6, 6.07) is 35.0. The van der Waals surface area contributed by atoms with Crippen LogP contribution < -0.4 is 0 Å². The molecule has 4 aromatic carbocycles. The van der Waals surface area contributed by atoms with Crippen LogP contribution in [0.2, 0.25) is 0 Å².